The van der Waals surface area contributed by atoms with Crippen molar-refractivity contribution in [2.75, 3.05) is 6.54 Å². The zero-order valence-electron chi connectivity index (χ0n) is 8.44. The van der Waals surface area contributed by atoms with Gasteiger partial charge in [0, 0.05) is 12.7 Å². The van der Waals surface area contributed by atoms with Crippen LogP contribution < -0.4 is 5.73 Å². The molecule has 0 aliphatic rings. The van der Waals surface area contributed by atoms with Crippen LogP contribution >= 0.6 is 0 Å². The van der Waals surface area contributed by atoms with Crippen LogP contribution in [0.5, 0.6) is 0 Å². The van der Waals surface area contributed by atoms with Crippen molar-refractivity contribution in [1.29, 1.82) is 0 Å². The van der Waals surface area contributed by atoms with Crippen LogP contribution in [-0.4, -0.2) is 27.8 Å². The summed E-state index contributed by atoms with van der Waals surface area (Å²) in [5.74, 6) is 0. The van der Waals surface area contributed by atoms with E-state index in [4.69, 9.17) is 5.73 Å². The zero-order chi connectivity index (χ0) is 10.7. The van der Waals surface area contributed by atoms with Gasteiger partial charge < -0.3 is 15.9 Å². The second-order valence-electron chi connectivity index (χ2n) is 3.46. The molecule has 1 rings (SSSR count). The third-order valence-electron chi connectivity index (χ3n) is 2.14. The normalized spacial score (nSPS) is 15.2. The third-order valence-corrected chi connectivity index (χ3v) is 2.14. The van der Waals surface area contributed by atoms with Crippen molar-refractivity contribution in [3.05, 3.63) is 29.1 Å². The molecule has 78 valence electrons. The number of aromatic nitrogens is 1. The average molecular weight is 196 g/mol. The molecule has 1 heterocycles. The topological polar surface area (TPSA) is 79.4 Å². The maximum Gasteiger partial charge on any atom is 0.123 e. The SMILES string of the molecule is Cc1cnc(C(O)C(O)CN)c(C)c1. The van der Waals surface area contributed by atoms with E-state index in [0.29, 0.717) is 5.69 Å². The number of rotatable bonds is 3. The number of aliphatic hydroxyl groups is 2. The zero-order valence-corrected chi connectivity index (χ0v) is 8.44. The van der Waals surface area contributed by atoms with Crippen LogP contribution in [0, 0.1) is 13.8 Å². The van der Waals surface area contributed by atoms with Crippen LogP contribution in [0.2, 0.25) is 0 Å². The summed E-state index contributed by atoms with van der Waals surface area (Å²) < 4.78 is 0. The minimum Gasteiger partial charge on any atom is -0.389 e. The van der Waals surface area contributed by atoms with Crippen molar-refractivity contribution < 1.29 is 10.2 Å². The first-order valence-corrected chi connectivity index (χ1v) is 4.55. The van der Waals surface area contributed by atoms with Crippen molar-refractivity contribution in [2.24, 2.45) is 5.73 Å². The fourth-order valence-corrected chi connectivity index (χ4v) is 1.35. The summed E-state index contributed by atoms with van der Waals surface area (Å²) in [5.41, 5.74) is 7.64. The molecule has 2 unspecified atom stereocenters. The van der Waals surface area contributed by atoms with Gasteiger partial charge >= 0.3 is 0 Å². The number of hydrogen-bond acceptors (Lipinski definition) is 4. The van der Waals surface area contributed by atoms with Gasteiger partial charge in [0.15, 0.2) is 0 Å². The molecule has 0 aromatic carbocycles. The summed E-state index contributed by atoms with van der Waals surface area (Å²) >= 11 is 0. The number of pyridine rings is 1. The molecule has 0 saturated heterocycles. The summed E-state index contributed by atoms with van der Waals surface area (Å²) in [4.78, 5) is 4.08. The van der Waals surface area contributed by atoms with E-state index in [9.17, 15) is 10.2 Å². The molecular formula is C10H16N2O2. The van der Waals surface area contributed by atoms with E-state index >= 15 is 0 Å². The van der Waals surface area contributed by atoms with E-state index in [1.807, 2.05) is 19.9 Å². The Morgan fingerprint density at radius 2 is 2.07 bits per heavy atom. The highest BCUT2D eigenvalue weighted by Gasteiger charge is 2.19. The van der Waals surface area contributed by atoms with Crippen molar-refractivity contribution in [1.82, 2.24) is 4.98 Å². The molecule has 2 atom stereocenters. The molecule has 0 spiro atoms. The van der Waals surface area contributed by atoms with Gasteiger partial charge in [-0.3, -0.25) is 4.98 Å². The van der Waals surface area contributed by atoms with Gasteiger partial charge in [0.1, 0.15) is 6.10 Å². The highest BCUT2D eigenvalue weighted by Crippen LogP contribution is 2.18. The van der Waals surface area contributed by atoms with E-state index in [0.717, 1.165) is 11.1 Å². The summed E-state index contributed by atoms with van der Waals surface area (Å²) in [6.07, 6.45) is -0.293. The van der Waals surface area contributed by atoms with Crippen molar-refractivity contribution in [3.8, 4) is 0 Å². The summed E-state index contributed by atoms with van der Waals surface area (Å²) in [6.45, 7) is 3.80. The molecule has 4 heteroatoms. The standard InChI is InChI=1S/C10H16N2O2/c1-6-3-7(2)9(12-5-6)10(14)8(13)4-11/h3,5,8,10,13-14H,4,11H2,1-2H3. The minimum atomic E-state index is -0.999. The number of aliphatic hydroxyl groups excluding tert-OH is 2. The lowest BCUT2D eigenvalue weighted by Crippen LogP contribution is -2.28. The van der Waals surface area contributed by atoms with Crippen molar-refractivity contribution in [2.45, 2.75) is 26.1 Å². The van der Waals surface area contributed by atoms with Gasteiger partial charge in [0.2, 0.25) is 0 Å². The predicted molar refractivity (Wildman–Crippen MR) is 53.7 cm³/mol. The Morgan fingerprint density at radius 3 is 2.57 bits per heavy atom. The highest BCUT2D eigenvalue weighted by molar-refractivity contribution is 5.25. The molecule has 0 bridgehead atoms. The lowest BCUT2D eigenvalue weighted by Gasteiger charge is -2.17. The number of nitrogens with two attached hydrogens (primary N) is 1. The van der Waals surface area contributed by atoms with Gasteiger partial charge in [0.05, 0.1) is 11.8 Å². The molecule has 0 aliphatic heterocycles. The lowest BCUT2D eigenvalue weighted by molar-refractivity contribution is 0.0213. The lowest BCUT2D eigenvalue weighted by atomic mass is 10.0. The third kappa shape index (κ3) is 2.29. The average Bonchev–Trinajstić information content (AvgIpc) is 2.15. The molecule has 4 nitrogen and oxygen atoms in total. The van der Waals surface area contributed by atoms with E-state index in [1.54, 1.807) is 6.20 Å². The quantitative estimate of drug-likeness (QED) is 0.638. The summed E-state index contributed by atoms with van der Waals surface area (Å²) in [5, 5.41) is 19.0. The number of nitrogens with zero attached hydrogens (tertiary/aromatic N) is 1. The first-order chi connectivity index (χ1) is 6.56. The fraction of sp³-hybridized carbons (Fsp3) is 0.500. The van der Waals surface area contributed by atoms with E-state index in [1.165, 1.54) is 0 Å². The van der Waals surface area contributed by atoms with Gasteiger partial charge in [-0.25, -0.2) is 0 Å². The van der Waals surface area contributed by atoms with Gasteiger partial charge in [-0.15, -0.1) is 0 Å². The van der Waals surface area contributed by atoms with Gasteiger partial charge in [-0.2, -0.15) is 0 Å². The Labute approximate surface area is 83.4 Å². The van der Waals surface area contributed by atoms with E-state index in [2.05, 4.69) is 4.98 Å². The Bertz CT molecular complexity index is 315. The maximum absolute atomic E-state index is 9.67. The number of aryl methyl sites for hydroxylation is 2. The van der Waals surface area contributed by atoms with E-state index < -0.39 is 12.2 Å². The molecule has 0 saturated carbocycles. The maximum atomic E-state index is 9.67. The molecular weight excluding hydrogens is 180 g/mol. The smallest absolute Gasteiger partial charge is 0.123 e. The van der Waals surface area contributed by atoms with Crippen LogP contribution in [0.25, 0.3) is 0 Å². The van der Waals surface area contributed by atoms with Crippen LogP contribution in [-0.2, 0) is 0 Å². The predicted octanol–water partition coefficient (Wildman–Crippen LogP) is 0.0514. The molecule has 1 aromatic heterocycles. The Morgan fingerprint density at radius 1 is 1.43 bits per heavy atom. The fourth-order valence-electron chi connectivity index (χ4n) is 1.35. The highest BCUT2D eigenvalue weighted by atomic mass is 16.3. The minimum absolute atomic E-state index is 0.0240. The summed E-state index contributed by atoms with van der Waals surface area (Å²) in [7, 11) is 0. The summed E-state index contributed by atoms with van der Waals surface area (Å²) in [6, 6.07) is 1.91. The Balaban J connectivity index is 2.95. The molecule has 0 amide bonds. The first-order valence-electron chi connectivity index (χ1n) is 4.55. The van der Waals surface area contributed by atoms with Gasteiger partial charge in [0.25, 0.3) is 0 Å². The molecule has 4 N–H and O–H groups in total. The molecule has 1 aromatic rings. The van der Waals surface area contributed by atoms with Crippen LogP contribution in [0.1, 0.15) is 22.9 Å². The monoisotopic (exact) mass is 196 g/mol. The Hall–Kier alpha value is -0.970. The molecule has 0 aliphatic carbocycles. The molecule has 14 heavy (non-hydrogen) atoms. The van der Waals surface area contributed by atoms with E-state index in [-0.39, 0.29) is 6.54 Å². The van der Waals surface area contributed by atoms with Crippen LogP contribution in [0.4, 0.5) is 0 Å². The molecule has 0 radical (unpaired) electrons. The van der Waals surface area contributed by atoms with Crippen LogP contribution in [0.3, 0.4) is 0 Å². The Kier molecular flexibility index (Phi) is 3.57. The van der Waals surface area contributed by atoms with Crippen molar-refractivity contribution in [3.63, 3.8) is 0 Å². The molecule has 0 fully saturated rings. The van der Waals surface area contributed by atoms with Crippen LogP contribution in [0.15, 0.2) is 12.3 Å². The first kappa shape index (κ1) is 11.1. The largest absolute Gasteiger partial charge is 0.389 e. The van der Waals surface area contributed by atoms with Gasteiger partial charge in [-0.05, 0) is 25.0 Å². The van der Waals surface area contributed by atoms with Crippen molar-refractivity contribution >= 4 is 0 Å². The second kappa shape index (κ2) is 4.50. The van der Waals surface area contributed by atoms with Gasteiger partial charge in [-0.1, -0.05) is 6.07 Å². The second-order valence-corrected chi connectivity index (χ2v) is 3.46. The number of hydrogen-bond donors (Lipinski definition) is 3.